The number of aliphatic carboxylic acids is 2. The van der Waals surface area contributed by atoms with Crippen LogP contribution in [0.3, 0.4) is 0 Å². The second-order valence-corrected chi connectivity index (χ2v) is 3.54. The van der Waals surface area contributed by atoms with Gasteiger partial charge in [-0.1, -0.05) is 13.0 Å². The van der Waals surface area contributed by atoms with Gasteiger partial charge in [-0.3, -0.25) is 0 Å². The van der Waals surface area contributed by atoms with Crippen LogP contribution in [0, 0.1) is 5.92 Å². The van der Waals surface area contributed by atoms with Gasteiger partial charge in [0, 0.05) is 18.1 Å². The number of hydrogen-bond donors (Lipinski definition) is 4. The summed E-state index contributed by atoms with van der Waals surface area (Å²) in [4.78, 5) is 20.5. The Labute approximate surface area is 98.5 Å². The molecule has 0 fully saturated rings. The lowest BCUT2D eigenvalue weighted by Crippen LogP contribution is -2.35. The van der Waals surface area contributed by atoms with Gasteiger partial charge in [0.1, 0.15) is 0 Å². The SMILES string of the molecule is CCC(CC=CC(=O)O)C(O)(O)C=CC(=O)O. The molecule has 0 aliphatic heterocycles. The Morgan fingerprint density at radius 1 is 1.18 bits per heavy atom. The molecule has 0 spiro atoms. The maximum Gasteiger partial charge on any atom is 0.328 e. The van der Waals surface area contributed by atoms with Gasteiger partial charge < -0.3 is 20.4 Å². The summed E-state index contributed by atoms with van der Waals surface area (Å²) in [6.07, 6.45) is 4.11. The van der Waals surface area contributed by atoms with Crippen LogP contribution in [0.15, 0.2) is 24.3 Å². The molecule has 1 atom stereocenters. The number of aliphatic hydroxyl groups is 2. The Morgan fingerprint density at radius 2 is 1.71 bits per heavy atom. The van der Waals surface area contributed by atoms with E-state index >= 15 is 0 Å². The van der Waals surface area contributed by atoms with Crippen molar-refractivity contribution in [2.45, 2.75) is 25.6 Å². The summed E-state index contributed by atoms with van der Waals surface area (Å²) in [5.74, 6) is -5.35. The molecule has 0 heterocycles. The lowest BCUT2D eigenvalue weighted by atomic mass is 9.91. The second kappa shape index (κ2) is 6.82. The van der Waals surface area contributed by atoms with E-state index in [-0.39, 0.29) is 6.42 Å². The van der Waals surface area contributed by atoms with E-state index in [1.165, 1.54) is 6.08 Å². The van der Waals surface area contributed by atoms with E-state index < -0.39 is 23.6 Å². The molecule has 0 radical (unpaired) electrons. The molecular formula is C11H16O6. The first-order valence-corrected chi connectivity index (χ1v) is 5.06. The molecular weight excluding hydrogens is 228 g/mol. The third kappa shape index (κ3) is 6.49. The fourth-order valence-electron chi connectivity index (χ4n) is 1.30. The quantitative estimate of drug-likeness (QED) is 0.380. The van der Waals surface area contributed by atoms with Crippen molar-refractivity contribution in [2.24, 2.45) is 5.92 Å². The van der Waals surface area contributed by atoms with Gasteiger partial charge in [0.15, 0.2) is 5.79 Å². The first kappa shape index (κ1) is 15.3. The number of carboxylic acids is 2. The smallest absolute Gasteiger partial charge is 0.328 e. The minimum absolute atomic E-state index is 0.125. The van der Waals surface area contributed by atoms with Gasteiger partial charge in [-0.2, -0.15) is 0 Å². The van der Waals surface area contributed by atoms with Crippen LogP contribution in [-0.4, -0.2) is 38.2 Å². The van der Waals surface area contributed by atoms with Gasteiger partial charge in [0.2, 0.25) is 0 Å². The summed E-state index contributed by atoms with van der Waals surface area (Å²) in [6.45, 7) is 1.69. The van der Waals surface area contributed by atoms with Crippen molar-refractivity contribution in [3.8, 4) is 0 Å². The Balaban J connectivity index is 4.62. The summed E-state index contributed by atoms with van der Waals surface area (Å²) in [5.41, 5.74) is 0. The maximum absolute atomic E-state index is 10.3. The number of rotatable bonds is 7. The standard InChI is InChI=1S/C11H16O6/c1-2-8(4-3-5-9(12)13)11(16,17)7-6-10(14)15/h3,5-8,16-17H,2,4H2,1H3,(H,12,13)(H,14,15). The molecule has 1 unspecified atom stereocenters. The van der Waals surface area contributed by atoms with Crippen molar-refractivity contribution in [1.29, 1.82) is 0 Å². The van der Waals surface area contributed by atoms with Gasteiger partial charge in [0.05, 0.1) is 0 Å². The molecule has 96 valence electrons. The van der Waals surface area contributed by atoms with Crippen molar-refractivity contribution < 1.29 is 30.0 Å². The third-order valence-electron chi connectivity index (χ3n) is 2.25. The number of hydrogen-bond acceptors (Lipinski definition) is 4. The van der Waals surface area contributed by atoms with Gasteiger partial charge in [0.25, 0.3) is 0 Å². The van der Waals surface area contributed by atoms with Crippen molar-refractivity contribution in [3.05, 3.63) is 24.3 Å². The molecule has 0 saturated heterocycles. The minimum Gasteiger partial charge on any atom is -0.478 e. The predicted octanol–water partition coefficient (Wildman–Crippen LogP) is 0.365. The molecule has 0 saturated carbocycles. The summed E-state index contributed by atoms with van der Waals surface area (Å²) >= 11 is 0. The molecule has 17 heavy (non-hydrogen) atoms. The molecule has 0 aromatic heterocycles. The fourth-order valence-corrected chi connectivity index (χ4v) is 1.30. The molecule has 0 aromatic rings. The zero-order valence-electron chi connectivity index (χ0n) is 9.41. The van der Waals surface area contributed by atoms with Crippen LogP contribution in [-0.2, 0) is 9.59 Å². The minimum atomic E-state index is -2.27. The molecule has 4 N–H and O–H groups in total. The molecule has 0 bridgehead atoms. The zero-order chi connectivity index (χ0) is 13.5. The van der Waals surface area contributed by atoms with Crippen LogP contribution in [0.25, 0.3) is 0 Å². The first-order chi connectivity index (χ1) is 7.79. The largest absolute Gasteiger partial charge is 0.478 e. The van der Waals surface area contributed by atoms with E-state index in [2.05, 4.69) is 0 Å². The average Bonchev–Trinajstić information content (AvgIpc) is 2.21. The monoisotopic (exact) mass is 244 g/mol. The third-order valence-corrected chi connectivity index (χ3v) is 2.25. The lowest BCUT2D eigenvalue weighted by molar-refractivity contribution is -0.160. The topological polar surface area (TPSA) is 115 Å². The van der Waals surface area contributed by atoms with Gasteiger partial charge in [-0.25, -0.2) is 9.59 Å². The Bertz CT molecular complexity index is 329. The fraction of sp³-hybridized carbons (Fsp3) is 0.455. The second-order valence-electron chi connectivity index (χ2n) is 3.54. The highest BCUT2D eigenvalue weighted by Gasteiger charge is 2.29. The maximum atomic E-state index is 10.3. The Kier molecular flexibility index (Phi) is 6.16. The van der Waals surface area contributed by atoms with Crippen LogP contribution in [0.4, 0.5) is 0 Å². The summed E-state index contributed by atoms with van der Waals surface area (Å²) < 4.78 is 0. The Hall–Kier alpha value is -1.66. The highest BCUT2D eigenvalue weighted by atomic mass is 16.5. The molecule has 6 heteroatoms. The van der Waals surface area contributed by atoms with E-state index in [0.717, 1.165) is 12.2 Å². The van der Waals surface area contributed by atoms with E-state index in [1.807, 2.05) is 0 Å². The van der Waals surface area contributed by atoms with Gasteiger partial charge >= 0.3 is 11.9 Å². The number of carbonyl (C=O) groups is 2. The van der Waals surface area contributed by atoms with E-state index in [1.54, 1.807) is 6.92 Å². The highest BCUT2D eigenvalue weighted by Crippen LogP contribution is 2.23. The molecule has 6 nitrogen and oxygen atoms in total. The van der Waals surface area contributed by atoms with Gasteiger partial charge in [-0.15, -0.1) is 0 Å². The molecule has 0 amide bonds. The van der Waals surface area contributed by atoms with E-state index in [9.17, 15) is 19.8 Å². The average molecular weight is 244 g/mol. The summed E-state index contributed by atoms with van der Waals surface area (Å²) in [5, 5.41) is 36.0. The lowest BCUT2D eigenvalue weighted by Gasteiger charge is -2.26. The van der Waals surface area contributed by atoms with Crippen LogP contribution in [0.1, 0.15) is 19.8 Å². The molecule has 0 aliphatic rings. The van der Waals surface area contributed by atoms with Crippen LogP contribution < -0.4 is 0 Å². The van der Waals surface area contributed by atoms with Crippen molar-refractivity contribution in [1.82, 2.24) is 0 Å². The van der Waals surface area contributed by atoms with E-state index in [0.29, 0.717) is 12.5 Å². The van der Waals surface area contributed by atoms with Crippen molar-refractivity contribution >= 4 is 11.9 Å². The summed E-state index contributed by atoms with van der Waals surface area (Å²) in [7, 11) is 0. The van der Waals surface area contributed by atoms with Crippen molar-refractivity contribution in [3.63, 3.8) is 0 Å². The van der Waals surface area contributed by atoms with Gasteiger partial charge in [-0.05, 0) is 18.9 Å². The summed E-state index contributed by atoms with van der Waals surface area (Å²) in [6, 6.07) is 0. The highest BCUT2D eigenvalue weighted by molar-refractivity contribution is 5.80. The van der Waals surface area contributed by atoms with Crippen LogP contribution >= 0.6 is 0 Å². The number of carboxylic acid groups (broad SMARTS) is 2. The first-order valence-electron chi connectivity index (χ1n) is 5.06. The number of allylic oxidation sites excluding steroid dienone is 1. The zero-order valence-corrected chi connectivity index (χ0v) is 9.41. The van der Waals surface area contributed by atoms with Crippen LogP contribution in [0.2, 0.25) is 0 Å². The normalized spacial score (nSPS) is 14.3. The Morgan fingerprint density at radius 3 is 2.12 bits per heavy atom. The van der Waals surface area contributed by atoms with Crippen LogP contribution in [0.5, 0.6) is 0 Å². The molecule has 0 rings (SSSR count). The van der Waals surface area contributed by atoms with Crippen molar-refractivity contribution in [2.75, 3.05) is 0 Å². The van der Waals surface area contributed by atoms with E-state index in [4.69, 9.17) is 10.2 Å². The molecule has 0 aromatic carbocycles. The molecule has 0 aliphatic carbocycles. The predicted molar refractivity (Wildman–Crippen MR) is 59.1 cm³/mol.